The number of benzene rings is 1. The van der Waals surface area contributed by atoms with Gasteiger partial charge >= 0.3 is 0 Å². The molecule has 0 fully saturated rings. The molecule has 1 rings (SSSR count). The average molecular weight is 192 g/mol. The first-order valence-electron chi connectivity index (χ1n) is 4.44. The predicted molar refractivity (Wildman–Crippen MR) is 53.2 cm³/mol. The summed E-state index contributed by atoms with van der Waals surface area (Å²) in [5.41, 5.74) is 0.591. The van der Waals surface area contributed by atoms with Crippen molar-refractivity contribution in [2.75, 3.05) is 14.1 Å². The Kier molecular flexibility index (Phi) is 3.61. The molecule has 0 spiro atoms. The van der Waals surface area contributed by atoms with Crippen LogP contribution in [-0.2, 0) is 6.42 Å². The highest BCUT2D eigenvalue weighted by atomic mass is 19.1. The first-order chi connectivity index (χ1) is 6.65. The largest absolute Gasteiger partial charge is 0.294 e. The van der Waals surface area contributed by atoms with Crippen LogP contribution in [0.1, 0.15) is 5.56 Å². The van der Waals surface area contributed by atoms with E-state index in [9.17, 15) is 4.39 Å². The van der Waals surface area contributed by atoms with Crippen LogP contribution < -0.4 is 0 Å². The summed E-state index contributed by atoms with van der Waals surface area (Å²) in [6.45, 7) is 0. The fourth-order valence-electron chi connectivity index (χ4n) is 1.22. The predicted octanol–water partition coefficient (Wildman–Crippen LogP) is 1.82. The first-order valence-corrected chi connectivity index (χ1v) is 4.44. The molecule has 0 saturated heterocycles. The second-order valence-corrected chi connectivity index (χ2v) is 3.40. The Balaban J connectivity index is 2.78. The van der Waals surface area contributed by atoms with E-state index < -0.39 is 0 Å². The lowest BCUT2D eigenvalue weighted by atomic mass is 10.1. The fourth-order valence-corrected chi connectivity index (χ4v) is 1.22. The summed E-state index contributed by atoms with van der Waals surface area (Å²) >= 11 is 0. The first kappa shape index (κ1) is 10.7. The Hall–Kier alpha value is -1.40. The number of nitrogens with zero attached hydrogens (tertiary/aromatic N) is 2. The summed E-state index contributed by atoms with van der Waals surface area (Å²) in [5, 5.41) is 8.83. The van der Waals surface area contributed by atoms with Gasteiger partial charge in [-0.15, -0.1) is 0 Å². The molecule has 0 N–H and O–H groups in total. The SMILES string of the molecule is CN(C)C(C#N)Cc1ccccc1F. The number of likely N-dealkylation sites (N-methyl/N-ethyl adjacent to an activating group) is 1. The van der Waals surface area contributed by atoms with Gasteiger partial charge in [0.2, 0.25) is 0 Å². The van der Waals surface area contributed by atoms with E-state index in [1.54, 1.807) is 23.1 Å². The molecular formula is C11H13FN2. The minimum absolute atomic E-state index is 0.241. The monoisotopic (exact) mass is 192 g/mol. The van der Waals surface area contributed by atoms with Crippen molar-refractivity contribution in [1.29, 1.82) is 5.26 Å². The highest BCUT2D eigenvalue weighted by Gasteiger charge is 2.12. The summed E-state index contributed by atoms with van der Waals surface area (Å²) in [4.78, 5) is 1.78. The molecule has 0 bridgehead atoms. The molecule has 0 aliphatic rings. The second kappa shape index (κ2) is 4.73. The van der Waals surface area contributed by atoms with Crippen molar-refractivity contribution >= 4 is 0 Å². The number of halogens is 1. The minimum atomic E-state index is -0.271. The van der Waals surface area contributed by atoms with Gasteiger partial charge < -0.3 is 0 Å². The van der Waals surface area contributed by atoms with Crippen LogP contribution in [0.3, 0.4) is 0 Å². The smallest absolute Gasteiger partial charge is 0.126 e. The lowest BCUT2D eigenvalue weighted by molar-refractivity contribution is 0.346. The third kappa shape index (κ3) is 2.54. The molecule has 1 aromatic rings. The van der Waals surface area contributed by atoms with Crippen LogP contribution in [0, 0.1) is 17.1 Å². The summed E-state index contributed by atoms with van der Waals surface area (Å²) in [7, 11) is 3.63. The maximum Gasteiger partial charge on any atom is 0.126 e. The normalized spacial score (nSPS) is 12.5. The van der Waals surface area contributed by atoms with Gasteiger partial charge in [-0.05, 0) is 25.7 Å². The fraction of sp³-hybridized carbons (Fsp3) is 0.364. The molecule has 1 aromatic carbocycles. The molecule has 74 valence electrons. The summed E-state index contributed by atoms with van der Waals surface area (Å²) in [5.74, 6) is -0.241. The Morgan fingerprint density at radius 2 is 2.07 bits per heavy atom. The van der Waals surface area contributed by atoms with Crippen molar-refractivity contribution < 1.29 is 4.39 Å². The molecule has 0 amide bonds. The number of nitriles is 1. The van der Waals surface area contributed by atoms with E-state index in [1.807, 2.05) is 14.1 Å². The van der Waals surface area contributed by atoms with Crippen LogP contribution in [-0.4, -0.2) is 25.0 Å². The van der Waals surface area contributed by atoms with Crippen LogP contribution in [0.2, 0.25) is 0 Å². The standard InChI is InChI=1S/C11H13FN2/c1-14(2)10(8-13)7-9-5-3-4-6-11(9)12/h3-6,10H,7H2,1-2H3. The molecule has 0 saturated carbocycles. The molecule has 0 radical (unpaired) electrons. The third-order valence-corrected chi connectivity index (χ3v) is 2.14. The maximum atomic E-state index is 13.2. The molecule has 0 aliphatic heterocycles. The molecule has 0 aliphatic carbocycles. The van der Waals surface area contributed by atoms with E-state index in [0.717, 1.165) is 0 Å². The summed E-state index contributed by atoms with van der Waals surface area (Å²) in [6, 6.07) is 8.42. The van der Waals surface area contributed by atoms with E-state index >= 15 is 0 Å². The second-order valence-electron chi connectivity index (χ2n) is 3.40. The van der Waals surface area contributed by atoms with Crippen molar-refractivity contribution in [3.8, 4) is 6.07 Å². The summed E-state index contributed by atoms with van der Waals surface area (Å²) < 4.78 is 13.2. The Labute approximate surface area is 83.6 Å². The lowest BCUT2D eigenvalue weighted by Crippen LogP contribution is -2.28. The zero-order valence-corrected chi connectivity index (χ0v) is 8.37. The van der Waals surface area contributed by atoms with Crippen molar-refractivity contribution in [3.63, 3.8) is 0 Å². The van der Waals surface area contributed by atoms with E-state index in [-0.39, 0.29) is 11.9 Å². The average Bonchev–Trinajstić information content (AvgIpc) is 2.16. The summed E-state index contributed by atoms with van der Waals surface area (Å²) in [6.07, 6.45) is 0.427. The van der Waals surface area contributed by atoms with Gasteiger partial charge in [0.15, 0.2) is 0 Å². The van der Waals surface area contributed by atoms with Gasteiger partial charge in [-0.3, -0.25) is 4.90 Å². The van der Waals surface area contributed by atoms with Gasteiger partial charge in [0.1, 0.15) is 11.9 Å². The molecule has 1 atom stereocenters. The van der Waals surface area contributed by atoms with E-state index in [2.05, 4.69) is 6.07 Å². The van der Waals surface area contributed by atoms with E-state index in [4.69, 9.17) is 5.26 Å². The van der Waals surface area contributed by atoms with Gasteiger partial charge in [-0.1, -0.05) is 18.2 Å². The Bertz CT molecular complexity index is 341. The zero-order chi connectivity index (χ0) is 10.6. The van der Waals surface area contributed by atoms with Crippen molar-refractivity contribution in [2.45, 2.75) is 12.5 Å². The molecule has 0 aromatic heterocycles. The van der Waals surface area contributed by atoms with Crippen molar-refractivity contribution in [3.05, 3.63) is 35.6 Å². The van der Waals surface area contributed by atoms with Crippen molar-refractivity contribution in [2.24, 2.45) is 0 Å². The molecule has 1 unspecified atom stereocenters. The highest BCUT2D eigenvalue weighted by molar-refractivity contribution is 5.20. The van der Waals surface area contributed by atoms with Gasteiger partial charge in [-0.25, -0.2) is 4.39 Å². The van der Waals surface area contributed by atoms with Gasteiger partial charge in [0.05, 0.1) is 6.07 Å². The van der Waals surface area contributed by atoms with Gasteiger partial charge in [0, 0.05) is 6.42 Å². The highest BCUT2D eigenvalue weighted by Crippen LogP contribution is 2.10. The molecule has 2 nitrogen and oxygen atoms in total. The third-order valence-electron chi connectivity index (χ3n) is 2.14. The van der Waals surface area contributed by atoms with Gasteiger partial charge in [-0.2, -0.15) is 5.26 Å². The molecule has 3 heteroatoms. The number of rotatable bonds is 3. The van der Waals surface area contributed by atoms with Crippen LogP contribution >= 0.6 is 0 Å². The number of hydrogen-bond donors (Lipinski definition) is 0. The van der Waals surface area contributed by atoms with Crippen LogP contribution in [0.25, 0.3) is 0 Å². The van der Waals surface area contributed by atoms with Crippen molar-refractivity contribution in [1.82, 2.24) is 4.90 Å². The Morgan fingerprint density at radius 3 is 2.57 bits per heavy atom. The quantitative estimate of drug-likeness (QED) is 0.730. The van der Waals surface area contributed by atoms with Crippen LogP contribution in [0.4, 0.5) is 4.39 Å². The topological polar surface area (TPSA) is 27.0 Å². The Morgan fingerprint density at radius 1 is 1.43 bits per heavy atom. The molecule has 0 heterocycles. The van der Waals surface area contributed by atoms with Crippen LogP contribution in [0.15, 0.2) is 24.3 Å². The molecular weight excluding hydrogens is 179 g/mol. The van der Waals surface area contributed by atoms with Gasteiger partial charge in [0.25, 0.3) is 0 Å². The van der Waals surface area contributed by atoms with Crippen LogP contribution in [0.5, 0.6) is 0 Å². The number of hydrogen-bond acceptors (Lipinski definition) is 2. The van der Waals surface area contributed by atoms with E-state index in [1.165, 1.54) is 6.07 Å². The molecule has 14 heavy (non-hydrogen) atoms. The van der Waals surface area contributed by atoms with E-state index in [0.29, 0.717) is 12.0 Å². The lowest BCUT2D eigenvalue weighted by Gasteiger charge is -2.17. The maximum absolute atomic E-state index is 13.2. The zero-order valence-electron chi connectivity index (χ0n) is 8.37. The minimum Gasteiger partial charge on any atom is -0.294 e.